The van der Waals surface area contributed by atoms with Gasteiger partial charge in [-0.3, -0.25) is 0 Å². The molecule has 0 fully saturated rings. The van der Waals surface area contributed by atoms with Crippen molar-refractivity contribution in [3.8, 4) is 17.6 Å². The number of anilines is 1. The number of halogens is 1. The van der Waals surface area contributed by atoms with Crippen LogP contribution in [-0.4, -0.2) is 13.1 Å². The number of nitriles is 1. The van der Waals surface area contributed by atoms with Crippen molar-refractivity contribution in [2.45, 2.75) is 0 Å². The average molecular weight is 286 g/mol. The van der Waals surface area contributed by atoms with Crippen LogP contribution in [0.25, 0.3) is 0 Å². The Morgan fingerprint density at radius 2 is 2.05 bits per heavy atom. The molecule has 0 saturated carbocycles. The van der Waals surface area contributed by atoms with Gasteiger partial charge in [-0.05, 0) is 30.3 Å². The molecule has 0 aliphatic rings. The predicted octanol–water partition coefficient (Wildman–Crippen LogP) is 2.86. The number of nitrogens with zero attached hydrogens (tertiary/aromatic N) is 1. The van der Waals surface area contributed by atoms with E-state index in [1.54, 1.807) is 6.07 Å². The highest BCUT2D eigenvalue weighted by molar-refractivity contribution is 5.90. The summed E-state index contributed by atoms with van der Waals surface area (Å²) in [6, 6.07) is 9.94. The summed E-state index contributed by atoms with van der Waals surface area (Å²) in [6.07, 6.45) is 0. The second kappa shape index (κ2) is 5.92. The molecular formula is C15H11FN2O3. The number of nitrogens with two attached hydrogens (primary N) is 1. The summed E-state index contributed by atoms with van der Waals surface area (Å²) in [6.45, 7) is 0. The van der Waals surface area contributed by atoms with Crippen LogP contribution in [0.2, 0.25) is 0 Å². The van der Waals surface area contributed by atoms with Crippen molar-refractivity contribution in [3.05, 3.63) is 53.3 Å². The van der Waals surface area contributed by atoms with Crippen LogP contribution in [-0.2, 0) is 4.74 Å². The number of benzene rings is 2. The minimum Gasteiger partial charge on any atom is -0.465 e. The van der Waals surface area contributed by atoms with Gasteiger partial charge in [0.25, 0.3) is 0 Å². The van der Waals surface area contributed by atoms with Gasteiger partial charge in [0.05, 0.1) is 23.9 Å². The third-order valence-electron chi connectivity index (χ3n) is 2.72. The lowest BCUT2D eigenvalue weighted by atomic mass is 10.2. The second-order valence-corrected chi connectivity index (χ2v) is 4.10. The quantitative estimate of drug-likeness (QED) is 0.692. The maximum absolute atomic E-state index is 13.5. The van der Waals surface area contributed by atoms with Crippen LogP contribution >= 0.6 is 0 Å². The van der Waals surface area contributed by atoms with Crippen molar-refractivity contribution < 1.29 is 18.7 Å². The van der Waals surface area contributed by atoms with Crippen molar-refractivity contribution in [2.75, 3.05) is 12.8 Å². The molecule has 5 nitrogen and oxygen atoms in total. The smallest absolute Gasteiger partial charge is 0.337 e. The Bertz CT molecular complexity index is 738. The largest absolute Gasteiger partial charge is 0.465 e. The molecule has 0 amide bonds. The van der Waals surface area contributed by atoms with Crippen LogP contribution in [0.5, 0.6) is 11.5 Å². The number of carbonyl (C=O) groups is 1. The predicted molar refractivity (Wildman–Crippen MR) is 73.4 cm³/mol. The van der Waals surface area contributed by atoms with E-state index in [-0.39, 0.29) is 28.3 Å². The molecule has 0 aliphatic heterocycles. The van der Waals surface area contributed by atoms with Gasteiger partial charge in [0.15, 0.2) is 0 Å². The third kappa shape index (κ3) is 3.09. The molecule has 0 bridgehead atoms. The number of esters is 1. The van der Waals surface area contributed by atoms with Gasteiger partial charge < -0.3 is 15.2 Å². The molecule has 0 aromatic heterocycles. The summed E-state index contributed by atoms with van der Waals surface area (Å²) in [7, 11) is 1.27. The summed E-state index contributed by atoms with van der Waals surface area (Å²) < 4.78 is 23.5. The monoisotopic (exact) mass is 286 g/mol. The summed E-state index contributed by atoms with van der Waals surface area (Å²) in [5.74, 6) is -0.729. The van der Waals surface area contributed by atoms with E-state index in [1.165, 1.54) is 37.4 Å². The van der Waals surface area contributed by atoms with Gasteiger partial charge >= 0.3 is 5.97 Å². The van der Waals surface area contributed by atoms with Crippen molar-refractivity contribution in [2.24, 2.45) is 0 Å². The molecule has 21 heavy (non-hydrogen) atoms. The molecule has 0 heterocycles. The van der Waals surface area contributed by atoms with E-state index in [4.69, 9.17) is 15.7 Å². The molecule has 0 saturated heterocycles. The molecule has 2 aromatic carbocycles. The lowest BCUT2D eigenvalue weighted by Gasteiger charge is -2.10. The Kier molecular flexibility index (Phi) is 4.05. The van der Waals surface area contributed by atoms with Crippen LogP contribution in [0.4, 0.5) is 10.1 Å². The topological polar surface area (TPSA) is 85.3 Å². The number of rotatable bonds is 3. The minimum absolute atomic E-state index is 0.0728. The minimum atomic E-state index is -0.681. The van der Waals surface area contributed by atoms with Crippen molar-refractivity contribution in [3.63, 3.8) is 0 Å². The molecule has 2 rings (SSSR count). The summed E-state index contributed by atoms with van der Waals surface area (Å²) in [4.78, 5) is 11.4. The van der Waals surface area contributed by atoms with Crippen molar-refractivity contribution in [1.29, 1.82) is 5.26 Å². The standard InChI is InChI=1S/C15H11FN2O3/c1-20-15(19)9-3-5-14(13(18)6-9)21-11-4-2-10(8-17)12(16)7-11/h2-7H,18H2,1H3. The molecule has 2 N–H and O–H groups in total. The highest BCUT2D eigenvalue weighted by Gasteiger charge is 2.10. The van der Waals surface area contributed by atoms with Gasteiger partial charge in [0.2, 0.25) is 0 Å². The zero-order valence-electron chi connectivity index (χ0n) is 11.1. The van der Waals surface area contributed by atoms with E-state index in [0.717, 1.165) is 6.07 Å². The van der Waals surface area contributed by atoms with Crippen LogP contribution < -0.4 is 10.5 Å². The van der Waals surface area contributed by atoms with E-state index < -0.39 is 11.8 Å². The fraction of sp³-hybridized carbons (Fsp3) is 0.0667. The van der Waals surface area contributed by atoms with E-state index in [9.17, 15) is 9.18 Å². The molecule has 2 aromatic rings. The lowest BCUT2D eigenvalue weighted by Crippen LogP contribution is -2.02. The van der Waals surface area contributed by atoms with Crippen LogP contribution in [0.3, 0.4) is 0 Å². The van der Waals surface area contributed by atoms with Gasteiger partial charge in [-0.25, -0.2) is 9.18 Å². The lowest BCUT2D eigenvalue weighted by molar-refractivity contribution is 0.0601. The molecule has 106 valence electrons. The number of nitrogen functional groups attached to an aromatic ring is 1. The maximum Gasteiger partial charge on any atom is 0.337 e. The Morgan fingerprint density at radius 3 is 2.62 bits per heavy atom. The normalized spacial score (nSPS) is 9.76. The first-order valence-electron chi connectivity index (χ1n) is 5.90. The molecular weight excluding hydrogens is 275 g/mol. The zero-order chi connectivity index (χ0) is 15.4. The molecule has 0 atom stereocenters. The summed E-state index contributed by atoms with van der Waals surface area (Å²) >= 11 is 0. The number of hydrogen-bond donors (Lipinski definition) is 1. The zero-order valence-corrected chi connectivity index (χ0v) is 11.1. The van der Waals surface area contributed by atoms with Crippen LogP contribution in [0.15, 0.2) is 36.4 Å². The first-order valence-corrected chi connectivity index (χ1v) is 5.90. The number of carbonyl (C=O) groups excluding carboxylic acids is 1. The van der Waals surface area contributed by atoms with E-state index in [2.05, 4.69) is 4.74 Å². The summed E-state index contributed by atoms with van der Waals surface area (Å²) in [5, 5.41) is 8.65. The number of hydrogen-bond acceptors (Lipinski definition) is 5. The van der Waals surface area contributed by atoms with Crippen molar-refractivity contribution in [1.82, 2.24) is 0 Å². The van der Waals surface area contributed by atoms with Crippen molar-refractivity contribution >= 4 is 11.7 Å². The van der Waals surface area contributed by atoms with E-state index >= 15 is 0 Å². The highest BCUT2D eigenvalue weighted by Crippen LogP contribution is 2.29. The van der Waals surface area contributed by atoms with E-state index in [1.807, 2.05) is 0 Å². The Labute approximate surface area is 120 Å². The number of methoxy groups -OCH3 is 1. The second-order valence-electron chi connectivity index (χ2n) is 4.10. The first kappa shape index (κ1) is 14.3. The van der Waals surface area contributed by atoms with Gasteiger partial charge in [-0.15, -0.1) is 0 Å². The van der Waals surface area contributed by atoms with Crippen LogP contribution in [0, 0.1) is 17.1 Å². The van der Waals surface area contributed by atoms with Gasteiger partial charge in [0.1, 0.15) is 23.4 Å². The SMILES string of the molecule is COC(=O)c1ccc(Oc2ccc(C#N)c(F)c2)c(N)c1. The maximum atomic E-state index is 13.5. The summed E-state index contributed by atoms with van der Waals surface area (Å²) in [5.41, 5.74) is 6.20. The fourth-order valence-corrected chi connectivity index (χ4v) is 1.66. The molecule has 0 radical (unpaired) electrons. The van der Waals surface area contributed by atoms with Gasteiger partial charge in [-0.1, -0.05) is 0 Å². The number of ether oxygens (including phenoxy) is 2. The molecule has 0 unspecified atom stereocenters. The van der Waals surface area contributed by atoms with Crippen LogP contribution in [0.1, 0.15) is 15.9 Å². The Morgan fingerprint density at radius 1 is 1.29 bits per heavy atom. The third-order valence-corrected chi connectivity index (χ3v) is 2.72. The Balaban J connectivity index is 2.26. The highest BCUT2D eigenvalue weighted by atomic mass is 19.1. The molecule has 6 heteroatoms. The fourth-order valence-electron chi connectivity index (χ4n) is 1.66. The van der Waals surface area contributed by atoms with Gasteiger partial charge in [-0.2, -0.15) is 5.26 Å². The Hall–Kier alpha value is -3.07. The van der Waals surface area contributed by atoms with Gasteiger partial charge in [0, 0.05) is 6.07 Å². The molecule has 0 spiro atoms. The first-order chi connectivity index (χ1) is 10.0. The molecule has 0 aliphatic carbocycles. The van der Waals surface area contributed by atoms with E-state index in [0.29, 0.717) is 0 Å². The average Bonchev–Trinajstić information content (AvgIpc) is 2.48.